The number of amides is 2. The molecule has 6 heteroatoms. The minimum Gasteiger partial charge on any atom is -0.493 e. The smallest absolute Gasteiger partial charge is 0.227 e. The van der Waals surface area contributed by atoms with Crippen LogP contribution < -0.4 is 19.7 Å². The third-order valence-electron chi connectivity index (χ3n) is 6.55. The third-order valence-corrected chi connectivity index (χ3v) is 6.55. The van der Waals surface area contributed by atoms with Gasteiger partial charge in [-0.2, -0.15) is 0 Å². The molecule has 182 valence electrons. The molecule has 1 heterocycles. The summed E-state index contributed by atoms with van der Waals surface area (Å²) in [5, 5.41) is 3.11. The number of benzene rings is 3. The van der Waals surface area contributed by atoms with Gasteiger partial charge < -0.3 is 19.7 Å². The second-order valence-electron chi connectivity index (χ2n) is 8.83. The molecule has 1 fully saturated rings. The highest BCUT2D eigenvalue weighted by Crippen LogP contribution is 2.42. The van der Waals surface area contributed by atoms with E-state index in [1.807, 2.05) is 67.6 Å². The molecule has 1 aliphatic rings. The lowest BCUT2D eigenvalue weighted by atomic mass is 9.83. The molecule has 0 aromatic heterocycles. The molecule has 1 N–H and O–H groups in total. The van der Waals surface area contributed by atoms with Crippen LogP contribution in [0.5, 0.6) is 11.5 Å². The summed E-state index contributed by atoms with van der Waals surface area (Å²) in [6.45, 7) is 2.55. The van der Waals surface area contributed by atoms with E-state index in [0.29, 0.717) is 30.9 Å². The molecular formula is C29H32N2O4. The highest BCUT2D eigenvalue weighted by atomic mass is 16.5. The van der Waals surface area contributed by atoms with Crippen LogP contribution in [0.15, 0.2) is 72.8 Å². The summed E-state index contributed by atoms with van der Waals surface area (Å²) in [4.78, 5) is 28.5. The minimum atomic E-state index is -0.463. The van der Waals surface area contributed by atoms with Gasteiger partial charge in [-0.25, -0.2) is 0 Å². The lowest BCUT2D eigenvalue weighted by Crippen LogP contribution is -2.48. The Kier molecular flexibility index (Phi) is 7.70. The molecule has 0 saturated carbocycles. The van der Waals surface area contributed by atoms with E-state index >= 15 is 0 Å². The van der Waals surface area contributed by atoms with Gasteiger partial charge in [-0.15, -0.1) is 0 Å². The van der Waals surface area contributed by atoms with Crippen molar-refractivity contribution in [3.8, 4) is 11.5 Å². The summed E-state index contributed by atoms with van der Waals surface area (Å²) in [5.74, 6) is 0.717. The monoisotopic (exact) mass is 472 g/mol. The van der Waals surface area contributed by atoms with E-state index in [-0.39, 0.29) is 11.8 Å². The van der Waals surface area contributed by atoms with E-state index in [2.05, 4.69) is 17.4 Å². The first-order valence-electron chi connectivity index (χ1n) is 11.9. The zero-order valence-electron chi connectivity index (χ0n) is 20.5. The van der Waals surface area contributed by atoms with E-state index in [1.165, 1.54) is 5.56 Å². The first-order valence-corrected chi connectivity index (χ1v) is 11.9. The molecule has 6 nitrogen and oxygen atoms in total. The first-order chi connectivity index (χ1) is 17.0. The van der Waals surface area contributed by atoms with Gasteiger partial charge in [0.1, 0.15) is 0 Å². The maximum atomic E-state index is 13.5. The van der Waals surface area contributed by atoms with Crippen molar-refractivity contribution in [2.24, 2.45) is 5.92 Å². The molecule has 3 aromatic rings. The standard InChI is InChI=1S/C29H32N2O4/c1-20-9-12-23(13-10-20)31-27(32)16-14-24(29(33)30-18-17-21-7-5-4-6-8-21)28(31)22-11-15-25(34-2)26(19-22)35-3/h4-13,15,19,24,28H,14,16-18H2,1-3H3,(H,30,33). The fourth-order valence-corrected chi connectivity index (χ4v) is 4.70. The number of nitrogens with one attached hydrogen (secondary N) is 1. The molecule has 3 aromatic carbocycles. The van der Waals surface area contributed by atoms with Crippen molar-refractivity contribution in [2.45, 2.75) is 32.2 Å². The van der Waals surface area contributed by atoms with Crippen LogP contribution >= 0.6 is 0 Å². The number of ether oxygens (including phenoxy) is 2. The number of rotatable bonds is 8. The topological polar surface area (TPSA) is 67.9 Å². The number of hydrogen-bond donors (Lipinski definition) is 1. The summed E-state index contributed by atoms with van der Waals surface area (Å²) in [7, 11) is 3.17. The number of methoxy groups -OCH3 is 2. The van der Waals surface area contributed by atoms with Crippen LogP contribution in [0.1, 0.15) is 35.6 Å². The Bertz CT molecular complexity index is 1160. The number of nitrogens with zero attached hydrogens (tertiary/aromatic N) is 1. The van der Waals surface area contributed by atoms with Gasteiger partial charge in [0.15, 0.2) is 11.5 Å². The molecular weight excluding hydrogens is 440 g/mol. The fraction of sp³-hybridized carbons (Fsp3) is 0.310. The average Bonchev–Trinajstić information content (AvgIpc) is 2.89. The number of piperidine rings is 1. The van der Waals surface area contributed by atoms with E-state index in [9.17, 15) is 9.59 Å². The largest absolute Gasteiger partial charge is 0.493 e. The summed E-state index contributed by atoms with van der Waals surface area (Å²) in [6.07, 6.45) is 1.55. The van der Waals surface area contributed by atoms with Crippen LogP contribution in [0, 0.1) is 12.8 Å². The van der Waals surface area contributed by atoms with Crippen molar-refractivity contribution in [2.75, 3.05) is 25.7 Å². The SMILES string of the molecule is COc1ccc(C2C(C(=O)NCCc3ccccc3)CCC(=O)N2c2ccc(C)cc2)cc1OC. The molecule has 0 radical (unpaired) electrons. The zero-order valence-corrected chi connectivity index (χ0v) is 20.5. The van der Waals surface area contributed by atoms with Gasteiger partial charge in [0.05, 0.1) is 26.2 Å². The number of carbonyl (C=O) groups excluding carboxylic acids is 2. The highest BCUT2D eigenvalue weighted by molar-refractivity contribution is 5.97. The highest BCUT2D eigenvalue weighted by Gasteiger charge is 2.41. The molecule has 0 bridgehead atoms. The van der Waals surface area contributed by atoms with Gasteiger partial charge in [-0.05, 0) is 55.2 Å². The van der Waals surface area contributed by atoms with E-state index in [4.69, 9.17) is 9.47 Å². The Morgan fingerprint density at radius 3 is 2.37 bits per heavy atom. The lowest BCUT2D eigenvalue weighted by molar-refractivity contribution is -0.129. The maximum Gasteiger partial charge on any atom is 0.227 e. The quantitative estimate of drug-likeness (QED) is 0.509. The molecule has 0 spiro atoms. The molecule has 2 unspecified atom stereocenters. The fourth-order valence-electron chi connectivity index (χ4n) is 4.70. The van der Waals surface area contributed by atoms with E-state index < -0.39 is 12.0 Å². The Hall–Kier alpha value is -3.80. The van der Waals surface area contributed by atoms with Gasteiger partial charge in [0, 0.05) is 18.7 Å². The molecule has 0 aliphatic carbocycles. The van der Waals surface area contributed by atoms with Crippen LogP contribution in [0.3, 0.4) is 0 Å². The van der Waals surface area contributed by atoms with Gasteiger partial charge in [0.25, 0.3) is 0 Å². The number of carbonyl (C=O) groups is 2. The Labute approximate surface area is 206 Å². The van der Waals surface area contributed by atoms with E-state index in [1.54, 1.807) is 19.1 Å². The van der Waals surface area contributed by atoms with Gasteiger partial charge in [-0.3, -0.25) is 9.59 Å². The van der Waals surface area contributed by atoms with Crippen LogP contribution in [0.2, 0.25) is 0 Å². The third kappa shape index (κ3) is 5.48. The summed E-state index contributed by atoms with van der Waals surface area (Å²) >= 11 is 0. The van der Waals surface area contributed by atoms with Crippen molar-refractivity contribution < 1.29 is 19.1 Å². The second kappa shape index (κ2) is 11.1. The number of anilines is 1. The van der Waals surface area contributed by atoms with Gasteiger partial charge in [0.2, 0.25) is 11.8 Å². The molecule has 2 atom stereocenters. The summed E-state index contributed by atoms with van der Waals surface area (Å²) in [5.41, 5.74) is 3.89. The van der Waals surface area contributed by atoms with Crippen LogP contribution in [-0.4, -0.2) is 32.6 Å². The number of aryl methyl sites for hydroxylation is 1. The van der Waals surface area contributed by atoms with Crippen LogP contribution in [-0.2, 0) is 16.0 Å². The van der Waals surface area contributed by atoms with Crippen LogP contribution in [0.25, 0.3) is 0 Å². The predicted octanol–water partition coefficient (Wildman–Crippen LogP) is 4.86. The second-order valence-corrected chi connectivity index (χ2v) is 8.83. The zero-order chi connectivity index (χ0) is 24.8. The normalized spacial score (nSPS) is 17.7. The molecule has 2 amide bonds. The molecule has 35 heavy (non-hydrogen) atoms. The average molecular weight is 473 g/mol. The summed E-state index contributed by atoms with van der Waals surface area (Å²) < 4.78 is 10.9. The van der Waals surface area contributed by atoms with Crippen molar-refractivity contribution in [1.82, 2.24) is 5.32 Å². The van der Waals surface area contributed by atoms with E-state index in [0.717, 1.165) is 23.2 Å². The predicted molar refractivity (Wildman–Crippen MR) is 137 cm³/mol. The maximum absolute atomic E-state index is 13.5. The van der Waals surface area contributed by atoms with Crippen molar-refractivity contribution in [3.63, 3.8) is 0 Å². The Balaban J connectivity index is 1.66. The van der Waals surface area contributed by atoms with Crippen molar-refractivity contribution in [3.05, 3.63) is 89.5 Å². The number of hydrogen-bond acceptors (Lipinski definition) is 4. The Morgan fingerprint density at radius 1 is 0.971 bits per heavy atom. The lowest BCUT2D eigenvalue weighted by Gasteiger charge is -2.41. The molecule has 1 saturated heterocycles. The van der Waals surface area contributed by atoms with Gasteiger partial charge >= 0.3 is 0 Å². The van der Waals surface area contributed by atoms with Crippen LogP contribution in [0.4, 0.5) is 5.69 Å². The molecule has 4 rings (SSSR count). The first kappa shape index (κ1) is 24.3. The van der Waals surface area contributed by atoms with Crippen molar-refractivity contribution in [1.29, 1.82) is 0 Å². The van der Waals surface area contributed by atoms with Crippen molar-refractivity contribution >= 4 is 17.5 Å². The minimum absolute atomic E-state index is 0.00183. The molecule has 1 aliphatic heterocycles. The Morgan fingerprint density at radius 2 is 1.69 bits per heavy atom. The van der Waals surface area contributed by atoms with Gasteiger partial charge in [-0.1, -0.05) is 54.1 Å². The summed E-state index contributed by atoms with van der Waals surface area (Å²) in [6, 6.07) is 23.1.